The van der Waals surface area contributed by atoms with E-state index in [0.717, 1.165) is 42.2 Å². The van der Waals surface area contributed by atoms with Gasteiger partial charge in [-0.05, 0) is 41.8 Å². The molecule has 4 aromatic rings. The third-order valence-electron chi connectivity index (χ3n) is 5.29. The zero-order valence-corrected chi connectivity index (χ0v) is 18.4. The van der Waals surface area contributed by atoms with Crippen molar-refractivity contribution >= 4 is 43.4 Å². The second-order valence-corrected chi connectivity index (χ2v) is 9.74. The number of anilines is 1. The van der Waals surface area contributed by atoms with Crippen LogP contribution in [0.1, 0.15) is 17.5 Å². The maximum absolute atomic E-state index is 12.6. The highest BCUT2D eigenvalue weighted by atomic mass is 32.2. The summed E-state index contributed by atoms with van der Waals surface area (Å²) < 4.78 is 38.3. The summed E-state index contributed by atoms with van der Waals surface area (Å²) in [4.78, 5) is 16.4. The average Bonchev–Trinajstić information content (AvgIpc) is 3.41. The van der Waals surface area contributed by atoms with Crippen LogP contribution in [0.4, 0.5) is 5.13 Å². The lowest BCUT2D eigenvalue weighted by Gasteiger charge is -2.17. The second-order valence-electron chi connectivity index (χ2n) is 7.28. The van der Waals surface area contributed by atoms with E-state index in [2.05, 4.69) is 31.5 Å². The molecule has 1 aliphatic heterocycles. The standard InChI is InChI=1S/C21H19N5O4S2/c27-21-26(12-15-3-1-2-4-17(15)14-7-9-22-10-8-14)18-6-5-16(11-19(18)30-21)32(28,29)25-20-23-13-24-31-20/h1-7,11,13,22H,8-10,12H2,(H,23,24,25). The molecule has 32 heavy (non-hydrogen) atoms. The fraction of sp³-hybridized carbons (Fsp3) is 0.190. The first-order valence-corrected chi connectivity index (χ1v) is 12.2. The smallest absolute Gasteiger partial charge is 0.408 e. The second kappa shape index (κ2) is 8.34. The first kappa shape index (κ1) is 20.6. The molecule has 0 radical (unpaired) electrons. The Morgan fingerprint density at radius 1 is 1.22 bits per heavy atom. The molecule has 11 heteroatoms. The van der Waals surface area contributed by atoms with Gasteiger partial charge in [0.05, 0.1) is 17.0 Å². The first-order valence-electron chi connectivity index (χ1n) is 9.92. The molecule has 164 valence electrons. The normalized spacial score (nSPS) is 14.4. The predicted molar refractivity (Wildman–Crippen MR) is 122 cm³/mol. The number of hydrogen-bond acceptors (Lipinski definition) is 8. The average molecular weight is 470 g/mol. The van der Waals surface area contributed by atoms with Gasteiger partial charge in [-0.2, -0.15) is 4.37 Å². The lowest BCUT2D eigenvalue weighted by atomic mass is 9.95. The monoisotopic (exact) mass is 469 g/mol. The van der Waals surface area contributed by atoms with E-state index in [1.807, 2.05) is 18.2 Å². The van der Waals surface area contributed by atoms with Gasteiger partial charge >= 0.3 is 5.76 Å². The van der Waals surface area contributed by atoms with Crippen LogP contribution >= 0.6 is 11.5 Å². The molecule has 0 fully saturated rings. The lowest BCUT2D eigenvalue weighted by Crippen LogP contribution is -2.21. The summed E-state index contributed by atoms with van der Waals surface area (Å²) in [6.07, 6.45) is 4.35. The summed E-state index contributed by atoms with van der Waals surface area (Å²) in [7, 11) is -3.89. The third kappa shape index (κ3) is 3.97. The molecule has 2 aromatic heterocycles. The van der Waals surface area contributed by atoms with Gasteiger partial charge in [-0.1, -0.05) is 30.3 Å². The topological polar surface area (TPSA) is 119 Å². The summed E-state index contributed by atoms with van der Waals surface area (Å²) in [5, 5.41) is 3.47. The van der Waals surface area contributed by atoms with Crippen molar-refractivity contribution in [2.24, 2.45) is 0 Å². The molecule has 0 spiro atoms. The molecule has 1 aliphatic rings. The highest BCUT2D eigenvalue weighted by Gasteiger charge is 2.20. The zero-order valence-electron chi connectivity index (χ0n) is 16.8. The van der Waals surface area contributed by atoms with Crippen molar-refractivity contribution in [2.75, 3.05) is 17.8 Å². The number of aromatic nitrogens is 3. The SMILES string of the molecule is O=c1oc2cc(S(=O)(=O)Nc3ncns3)ccc2n1Cc1ccccc1C1=CCNCC1. The maximum Gasteiger partial charge on any atom is 0.420 e. The van der Waals surface area contributed by atoms with E-state index < -0.39 is 15.8 Å². The number of hydrogen-bond donors (Lipinski definition) is 2. The summed E-state index contributed by atoms with van der Waals surface area (Å²) in [5.41, 5.74) is 4.08. The van der Waals surface area contributed by atoms with Gasteiger partial charge in [0, 0.05) is 24.1 Å². The highest BCUT2D eigenvalue weighted by molar-refractivity contribution is 7.93. The summed E-state index contributed by atoms with van der Waals surface area (Å²) in [6.45, 7) is 2.06. The van der Waals surface area contributed by atoms with Crippen LogP contribution < -0.4 is 15.8 Å². The van der Waals surface area contributed by atoms with Gasteiger partial charge in [0.25, 0.3) is 10.0 Å². The minimum absolute atomic E-state index is 0.0265. The molecule has 2 aromatic carbocycles. The minimum Gasteiger partial charge on any atom is -0.408 e. The summed E-state index contributed by atoms with van der Waals surface area (Å²) in [5.74, 6) is -0.541. The largest absolute Gasteiger partial charge is 0.420 e. The van der Waals surface area contributed by atoms with Crippen LogP contribution in [-0.4, -0.2) is 35.4 Å². The molecule has 0 saturated heterocycles. The van der Waals surface area contributed by atoms with E-state index in [9.17, 15) is 13.2 Å². The van der Waals surface area contributed by atoms with E-state index in [0.29, 0.717) is 12.1 Å². The lowest BCUT2D eigenvalue weighted by molar-refractivity contribution is 0.517. The van der Waals surface area contributed by atoms with Crippen LogP contribution in [0.15, 0.2) is 69.0 Å². The van der Waals surface area contributed by atoms with Crippen LogP contribution in [0.3, 0.4) is 0 Å². The van der Waals surface area contributed by atoms with Gasteiger partial charge in [0.2, 0.25) is 5.13 Å². The van der Waals surface area contributed by atoms with Gasteiger partial charge in [-0.25, -0.2) is 18.2 Å². The molecule has 0 unspecified atom stereocenters. The van der Waals surface area contributed by atoms with E-state index in [1.54, 1.807) is 6.07 Å². The Bertz CT molecular complexity index is 1470. The molecule has 0 aliphatic carbocycles. The Hall–Kier alpha value is -3.28. The van der Waals surface area contributed by atoms with Crippen LogP contribution in [0.2, 0.25) is 0 Å². The molecule has 5 rings (SSSR count). The number of benzene rings is 2. The molecule has 0 bridgehead atoms. The molecular weight excluding hydrogens is 450 g/mol. The fourth-order valence-corrected chi connectivity index (χ4v) is 5.44. The highest BCUT2D eigenvalue weighted by Crippen LogP contribution is 2.26. The Balaban J connectivity index is 1.50. The van der Waals surface area contributed by atoms with E-state index in [1.165, 1.54) is 28.6 Å². The van der Waals surface area contributed by atoms with Crippen molar-refractivity contribution in [2.45, 2.75) is 17.9 Å². The van der Waals surface area contributed by atoms with Crippen molar-refractivity contribution in [1.29, 1.82) is 0 Å². The molecule has 2 N–H and O–H groups in total. The van der Waals surface area contributed by atoms with Gasteiger partial charge in [-0.3, -0.25) is 9.29 Å². The first-order chi connectivity index (χ1) is 15.5. The van der Waals surface area contributed by atoms with Crippen molar-refractivity contribution < 1.29 is 12.8 Å². The number of fused-ring (bicyclic) bond motifs is 1. The van der Waals surface area contributed by atoms with Crippen LogP contribution in [0.5, 0.6) is 0 Å². The van der Waals surface area contributed by atoms with Gasteiger partial charge in [-0.15, -0.1) is 0 Å². The Labute approximate surface area is 187 Å². The van der Waals surface area contributed by atoms with Crippen molar-refractivity contribution in [1.82, 2.24) is 19.2 Å². The molecule has 9 nitrogen and oxygen atoms in total. The van der Waals surface area contributed by atoms with E-state index >= 15 is 0 Å². The van der Waals surface area contributed by atoms with Gasteiger partial charge in [0.15, 0.2) is 5.58 Å². The van der Waals surface area contributed by atoms with Crippen molar-refractivity contribution in [3.8, 4) is 0 Å². The summed E-state index contributed by atoms with van der Waals surface area (Å²) in [6, 6.07) is 12.4. The molecule has 0 saturated carbocycles. The Kier molecular flexibility index (Phi) is 5.37. The number of rotatable bonds is 6. The van der Waals surface area contributed by atoms with Crippen molar-refractivity contribution in [3.63, 3.8) is 0 Å². The van der Waals surface area contributed by atoms with E-state index in [4.69, 9.17) is 4.42 Å². The van der Waals surface area contributed by atoms with Gasteiger partial charge < -0.3 is 9.73 Å². The van der Waals surface area contributed by atoms with Crippen LogP contribution in [0, 0.1) is 0 Å². The number of oxazole rings is 1. The van der Waals surface area contributed by atoms with Crippen LogP contribution in [-0.2, 0) is 16.6 Å². The molecular formula is C21H19N5O4S2. The number of nitrogens with zero attached hydrogens (tertiary/aromatic N) is 3. The van der Waals surface area contributed by atoms with Gasteiger partial charge in [0.1, 0.15) is 6.33 Å². The Morgan fingerprint density at radius 3 is 2.88 bits per heavy atom. The minimum atomic E-state index is -3.89. The van der Waals surface area contributed by atoms with Crippen LogP contribution in [0.25, 0.3) is 16.7 Å². The van der Waals surface area contributed by atoms with Crippen molar-refractivity contribution in [3.05, 3.63) is 76.5 Å². The molecule has 0 atom stereocenters. The summed E-state index contributed by atoms with van der Waals surface area (Å²) >= 11 is 0.931. The zero-order chi connectivity index (χ0) is 22.1. The predicted octanol–water partition coefficient (Wildman–Crippen LogP) is 2.67. The third-order valence-corrected chi connectivity index (χ3v) is 7.33. The maximum atomic E-state index is 12.6. The quantitative estimate of drug-likeness (QED) is 0.446. The van der Waals surface area contributed by atoms with E-state index in [-0.39, 0.29) is 15.6 Å². The number of nitrogens with one attached hydrogen (secondary N) is 2. The molecule has 0 amide bonds. The molecule has 3 heterocycles. The Morgan fingerprint density at radius 2 is 2.09 bits per heavy atom. The number of sulfonamides is 1. The fourth-order valence-electron chi connectivity index (χ4n) is 3.76.